The number of benzene rings is 3. The van der Waals surface area contributed by atoms with Gasteiger partial charge in [0, 0.05) is 18.7 Å². The van der Waals surface area contributed by atoms with Crippen LogP contribution in [0.4, 0.5) is 10.5 Å². The molecule has 180 valence electrons. The van der Waals surface area contributed by atoms with Crippen LogP contribution >= 0.6 is 0 Å². The molecule has 0 heterocycles. The highest BCUT2D eigenvalue weighted by molar-refractivity contribution is 5.98. The molecule has 0 saturated heterocycles. The number of anilines is 1. The highest BCUT2D eigenvalue weighted by Gasteiger charge is 2.30. The Balaban J connectivity index is 1.42. The summed E-state index contributed by atoms with van der Waals surface area (Å²) >= 11 is 0. The first kappa shape index (κ1) is 24.0. The highest BCUT2D eigenvalue weighted by atomic mass is 16.5. The van der Waals surface area contributed by atoms with Crippen molar-refractivity contribution in [3.63, 3.8) is 0 Å². The van der Waals surface area contributed by atoms with E-state index in [4.69, 9.17) is 9.84 Å². The van der Waals surface area contributed by atoms with E-state index in [2.05, 4.69) is 29.6 Å². The van der Waals surface area contributed by atoms with Crippen molar-refractivity contribution in [2.45, 2.75) is 31.7 Å². The van der Waals surface area contributed by atoms with Crippen molar-refractivity contribution >= 4 is 23.7 Å². The van der Waals surface area contributed by atoms with Gasteiger partial charge in [0.15, 0.2) is 0 Å². The Morgan fingerprint density at radius 2 is 1.51 bits per heavy atom. The number of nitrogens with zero attached hydrogens (tertiary/aromatic N) is 1. The van der Waals surface area contributed by atoms with E-state index < -0.39 is 18.1 Å². The summed E-state index contributed by atoms with van der Waals surface area (Å²) in [4.78, 5) is 38.3. The minimum Gasteiger partial charge on any atom is -0.478 e. The minimum atomic E-state index is -1.04. The molecular weight excluding hydrogens is 444 g/mol. The lowest BCUT2D eigenvalue weighted by molar-refractivity contribution is -0.120. The topological polar surface area (TPSA) is 95.9 Å². The lowest BCUT2D eigenvalue weighted by atomic mass is 9.98. The number of carbonyl (C=O) groups excluding carboxylic acids is 2. The van der Waals surface area contributed by atoms with E-state index in [1.807, 2.05) is 31.2 Å². The van der Waals surface area contributed by atoms with E-state index in [-0.39, 0.29) is 24.0 Å². The molecule has 3 aromatic carbocycles. The molecule has 35 heavy (non-hydrogen) atoms. The van der Waals surface area contributed by atoms with Crippen LogP contribution in [0.5, 0.6) is 0 Å². The number of carboxylic acids is 1. The van der Waals surface area contributed by atoms with Gasteiger partial charge in [-0.2, -0.15) is 0 Å². The predicted octanol–water partition coefficient (Wildman–Crippen LogP) is 5.06. The smallest absolute Gasteiger partial charge is 0.407 e. The molecule has 2 N–H and O–H groups in total. The maximum Gasteiger partial charge on any atom is 0.407 e. The molecule has 2 amide bonds. The van der Waals surface area contributed by atoms with Crippen molar-refractivity contribution in [1.82, 2.24) is 5.32 Å². The van der Waals surface area contributed by atoms with Gasteiger partial charge >= 0.3 is 12.1 Å². The van der Waals surface area contributed by atoms with Gasteiger partial charge in [0.25, 0.3) is 0 Å². The van der Waals surface area contributed by atoms with Gasteiger partial charge in [0.05, 0.1) is 5.56 Å². The summed E-state index contributed by atoms with van der Waals surface area (Å²) in [6, 6.07) is 21.5. The van der Waals surface area contributed by atoms with Crippen LogP contribution in [0.2, 0.25) is 0 Å². The molecule has 4 rings (SSSR count). The highest BCUT2D eigenvalue weighted by Crippen LogP contribution is 2.44. The molecule has 0 radical (unpaired) electrons. The van der Waals surface area contributed by atoms with Crippen LogP contribution in [0.3, 0.4) is 0 Å². The Morgan fingerprint density at radius 3 is 2.06 bits per heavy atom. The van der Waals surface area contributed by atoms with Crippen molar-refractivity contribution < 1.29 is 24.2 Å². The molecular formula is C28H28N2O5. The van der Waals surface area contributed by atoms with Gasteiger partial charge in [-0.1, -0.05) is 61.9 Å². The monoisotopic (exact) mass is 472 g/mol. The average molecular weight is 473 g/mol. The minimum absolute atomic E-state index is 0.0658. The van der Waals surface area contributed by atoms with Crippen LogP contribution < -0.4 is 10.2 Å². The summed E-state index contributed by atoms with van der Waals surface area (Å²) in [6.07, 6.45) is 0.486. The lowest BCUT2D eigenvalue weighted by Crippen LogP contribution is -2.47. The fourth-order valence-electron chi connectivity index (χ4n) is 4.52. The van der Waals surface area contributed by atoms with Gasteiger partial charge in [-0.15, -0.1) is 0 Å². The first-order chi connectivity index (χ1) is 16.9. The summed E-state index contributed by atoms with van der Waals surface area (Å²) in [6.45, 7) is 2.10. The largest absolute Gasteiger partial charge is 0.478 e. The lowest BCUT2D eigenvalue weighted by Gasteiger charge is -2.25. The summed E-state index contributed by atoms with van der Waals surface area (Å²) in [5.74, 6) is -1.40. The molecule has 1 atom stereocenters. The Morgan fingerprint density at radius 1 is 0.943 bits per heavy atom. The van der Waals surface area contributed by atoms with E-state index in [0.29, 0.717) is 18.5 Å². The predicted molar refractivity (Wildman–Crippen MR) is 134 cm³/mol. The standard InChI is InChI=1S/C28H28N2O5/c1-3-8-25(26(31)30(2)19-15-13-18(14-16-19)27(32)33)29-28(34)35-17-24-22-11-6-4-9-20(22)21-10-5-7-12-23(21)24/h4-7,9-16,24-25H,3,8,17H2,1-2H3,(H,29,34)(H,32,33)/t25-/m1/s1. The molecule has 7 heteroatoms. The number of hydrogen-bond donors (Lipinski definition) is 2. The summed E-state index contributed by atoms with van der Waals surface area (Å²) in [7, 11) is 1.60. The SMILES string of the molecule is CCC[C@@H](NC(=O)OCC1c2ccccc2-c2ccccc21)C(=O)N(C)c1ccc(C(=O)O)cc1. The first-order valence-electron chi connectivity index (χ1n) is 11.6. The van der Waals surface area contributed by atoms with Gasteiger partial charge < -0.3 is 20.1 Å². The molecule has 0 fully saturated rings. The first-order valence-corrected chi connectivity index (χ1v) is 11.6. The van der Waals surface area contributed by atoms with Crippen LogP contribution in [0.25, 0.3) is 11.1 Å². The maximum absolute atomic E-state index is 13.1. The Hall–Kier alpha value is -4.13. The Bertz CT molecular complexity index is 1190. The number of likely N-dealkylation sites (N-methyl/N-ethyl adjacent to an activating group) is 1. The number of ether oxygens (including phenoxy) is 1. The van der Waals surface area contributed by atoms with Gasteiger partial charge in [-0.3, -0.25) is 4.79 Å². The zero-order valence-corrected chi connectivity index (χ0v) is 19.7. The number of carboxylic acid groups (broad SMARTS) is 1. The number of alkyl carbamates (subject to hydrolysis) is 1. The van der Waals surface area contributed by atoms with Crippen molar-refractivity contribution in [3.05, 3.63) is 89.5 Å². The van der Waals surface area contributed by atoms with Crippen molar-refractivity contribution in [1.29, 1.82) is 0 Å². The molecule has 0 saturated carbocycles. The van der Waals surface area contributed by atoms with Crippen molar-refractivity contribution in [2.24, 2.45) is 0 Å². The van der Waals surface area contributed by atoms with Crippen LogP contribution in [0, 0.1) is 0 Å². The second kappa shape index (κ2) is 10.4. The van der Waals surface area contributed by atoms with E-state index in [1.165, 1.54) is 17.0 Å². The molecule has 0 bridgehead atoms. The van der Waals surface area contributed by atoms with Crippen LogP contribution in [-0.4, -0.2) is 42.8 Å². The van der Waals surface area contributed by atoms with Crippen molar-refractivity contribution in [3.8, 4) is 11.1 Å². The van der Waals surface area contributed by atoms with Gasteiger partial charge in [-0.25, -0.2) is 9.59 Å². The van der Waals surface area contributed by atoms with E-state index >= 15 is 0 Å². The molecule has 7 nitrogen and oxygen atoms in total. The third kappa shape index (κ3) is 5.04. The second-order valence-electron chi connectivity index (χ2n) is 8.56. The number of aromatic carboxylic acids is 1. The van der Waals surface area contributed by atoms with Gasteiger partial charge in [0.1, 0.15) is 12.6 Å². The fraction of sp³-hybridized carbons (Fsp3) is 0.250. The number of fused-ring (bicyclic) bond motifs is 3. The normalized spacial score (nSPS) is 12.9. The molecule has 0 unspecified atom stereocenters. The van der Waals surface area contributed by atoms with Gasteiger partial charge in [0.2, 0.25) is 5.91 Å². The molecule has 1 aliphatic rings. The molecule has 0 aromatic heterocycles. The molecule has 0 spiro atoms. The Kier molecular flexibility index (Phi) is 7.15. The van der Waals surface area contributed by atoms with Crippen LogP contribution in [0.1, 0.15) is 47.2 Å². The summed E-state index contributed by atoms with van der Waals surface area (Å²) in [5.41, 5.74) is 5.20. The third-order valence-corrected chi connectivity index (χ3v) is 6.34. The van der Waals surface area contributed by atoms with Crippen LogP contribution in [-0.2, 0) is 9.53 Å². The van der Waals surface area contributed by atoms with E-state index in [1.54, 1.807) is 19.2 Å². The zero-order valence-electron chi connectivity index (χ0n) is 19.7. The molecule has 1 aliphatic carbocycles. The molecule has 3 aromatic rings. The van der Waals surface area contributed by atoms with Gasteiger partial charge in [-0.05, 0) is 52.9 Å². The fourth-order valence-corrected chi connectivity index (χ4v) is 4.52. The second-order valence-corrected chi connectivity index (χ2v) is 8.56. The van der Waals surface area contributed by atoms with Crippen LogP contribution in [0.15, 0.2) is 72.8 Å². The Labute approximate surface area is 204 Å². The maximum atomic E-state index is 13.1. The number of hydrogen-bond acceptors (Lipinski definition) is 4. The average Bonchev–Trinajstić information content (AvgIpc) is 3.20. The van der Waals surface area contributed by atoms with E-state index in [0.717, 1.165) is 22.3 Å². The van der Waals surface area contributed by atoms with Crippen molar-refractivity contribution in [2.75, 3.05) is 18.6 Å². The third-order valence-electron chi connectivity index (χ3n) is 6.34. The molecule has 0 aliphatic heterocycles. The number of carbonyl (C=O) groups is 3. The summed E-state index contributed by atoms with van der Waals surface area (Å²) < 4.78 is 5.61. The zero-order chi connectivity index (χ0) is 24.9. The van der Waals surface area contributed by atoms with E-state index in [9.17, 15) is 14.4 Å². The quantitative estimate of drug-likeness (QED) is 0.478. The summed E-state index contributed by atoms with van der Waals surface area (Å²) in [5, 5.41) is 11.8. The number of amides is 2. The number of rotatable bonds is 8. The number of nitrogens with one attached hydrogen (secondary N) is 1.